The molecule has 250 valence electrons. The van der Waals surface area contributed by atoms with Crippen molar-refractivity contribution in [1.82, 2.24) is 37.2 Å². The molecule has 1 aliphatic rings. The minimum absolute atomic E-state index is 0.102. The van der Waals surface area contributed by atoms with E-state index >= 15 is 0 Å². The summed E-state index contributed by atoms with van der Waals surface area (Å²) in [7, 11) is 0. The smallest absolute Gasteiger partial charge is 0.322 e. The largest absolute Gasteiger partial charge is 0.480 e. The van der Waals surface area contributed by atoms with Crippen LogP contribution in [0.1, 0.15) is 73.6 Å². The van der Waals surface area contributed by atoms with Gasteiger partial charge in [0.15, 0.2) is 0 Å². The van der Waals surface area contributed by atoms with Crippen LogP contribution in [0.4, 0.5) is 0 Å². The molecule has 1 heterocycles. The van der Waals surface area contributed by atoms with Crippen molar-refractivity contribution in [3.8, 4) is 0 Å². The van der Waals surface area contributed by atoms with E-state index in [9.17, 15) is 33.6 Å². The van der Waals surface area contributed by atoms with Crippen LogP contribution in [0.25, 0.3) is 0 Å². The fourth-order valence-electron chi connectivity index (χ4n) is 4.56. The third kappa shape index (κ3) is 13.7. The first-order chi connectivity index (χ1) is 20.7. The average Bonchev–Trinajstić information content (AvgIpc) is 3.53. The van der Waals surface area contributed by atoms with E-state index in [0.29, 0.717) is 25.7 Å². The molecule has 0 unspecified atom stereocenters. The van der Waals surface area contributed by atoms with Gasteiger partial charge >= 0.3 is 5.97 Å². The number of nitrogens with one attached hydrogen (secondary N) is 7. The molecule has 44 heavy (non-hydrogen) atoms. The molecular weight excluding hydrogens is 574 g/mol. The van der Waals surface area contributed by atoms with Crippen molar-refractivity contribution in [2.75, 3.05) is 26.2 Å². The van der Waals surface area contributed by atoms with E-state index in [4.69, 9.17) is 5.11 Å². The fraction of sp³-hybridized carbons (Fsp3) is 0.759. The summed E-state index contributed by atoms with van der Waals surface area (Å²) in [6, 6.07) is -3.24. The summed E-state index contributed by atoms with van der Waals surface area (Å²) in [4.78, 5) is 87.1. The number of amides is 6. The number of carbonyl (C=O) groups is 7. The molecule has 0 aromatic carbocycles. The molecule has 0 aromatic rings. The lowest BCUT2D eigenvalue weighted by Gasteiger charge is -2.29. The van der Waals surface area contributed by atoms with Crippen molar-refractivity contribution in [3.63, 3.8) is 0 Å². The van der Waals surface area contributed by atoms with Crippen molar-refractivity contribution in [2.45, 2.75) is 97.8 Å². The van der Waals surface area contributed by atoms with Crippen LogP contribution in [-0.2, 0) is 33.6 Å². The summed E-state index contributed by atoms with van der Waals surface area (Å²) < 4.78 is 0. The molecule has 1 saturated heterocycles. The van der Waals surface area contributed by atoms with Gasteiger partial charge in [0.25, 0.3) is 0 Å². The predicted molar refractivity (Wildman–Crippen MR) is 162 cm³/mol. The minimum atomic E-state index is -1.23. The van der Waals surface area contributed by atoms with Gasteiger partial charge in [-0.25, -0.2) is 0 Å². The summed E-state index contributed by atoms with van der Waals surface area (Å²) in [6.45, 7) is 10.3. The van der Waals surface area contributed by atoms with Crippen LogP contribution in [0.2, 0.25) is 0 Å². The zero-order chi connectivity index (χ0) is 33.4. The van der Waals surface area contributed by atoms with E-state index in [1.165, 1.54) is 0 Å². The predicted octanol–water partition coefficient (Wildman–Crippen LogP) is -1.24. The molecule has 15 heteroatoms. The number of carboxylic acids is 1. The van der Waals surface area contributed by atoms with Gasteiger partial charge in [-0.3, -0.25) is 33.6 Å². The van der Waals surface area contributed by atoms with Gasteiger partial charge in [-0.1, -0.05) is 54.4 Å². The van der Waals surface area contributed by atoms with Crippen LogP contribution in [0.15, 0.2) is 0 Å². The number of aliphatic carboxylic acids is 1. The molecule has 6 amide bonds. The molecule has 15 nitrogen and oxygen atoms in total. The maximum Gasteiger partial charge on any atom is 0.322 e. The van der Waals surface area contributed by atoms with Gasteiger partial charge in [0.05, 0.1) is 19.1 Å². The normalized spacial score (nSPS) is 17.8. The molecule has 0 aliphatic carbocycles. The third-order valence-corrected chi connectivity index (χ3v) is 7.61. The zero-order valence-electron chi connectivity index (χ0n) is 26.7. The summed E-state index contributed by atoms with van der Waals surface area (Å²) in [5.74, 6) is -5.12. The van der Waals surface area contributed by atoms with Crippen LogP contribution in [0, 0.1) is 17.8 Å². The Kier molecular flexibility index (Phi) is 17.0. The highest BCUT2D eigenvalue weighted by Gasteiger charge is 2.33. The van der Waals surface area contributed by atoms with Gasteiger partial charge in [-0.15, -0.1) is 0 Å². The number of carbonyl (C=O) groups excluding carboxylic acids is 6. The van der Waals surface area contributed by atoms with Crippen LogP contribution < -0.4 is 37.2 Å². The Morgan fingerprint density at radius 1 is 0.727 bits per heavy atom. The summed E-state index contributed by atoms with van der Waals surface area (Å²) in [6.07, 6.45) is 2.97. The van der Waals surface area contributed by atoms with E-state index in [2.05, 4.69) is 37.2 Å². The second-order valence-corrected chi connectivity index (χ2v) is 11.7. The standard InChI is InChI=1S/C29H51N7O8/c1-7-17(5)24(28(43)33-13-21(37)31-15-23(39)40)36-29(44)25(18(6)8-2)35-22(38)14-32-26(41)20(12-16(3)4)34-27(42)19-10-9-11-30-19/h16-20,24-25,30H,7-15H2,1-6H3,(H,31,37)(H,32,41)(H,33,43)(H,34,42)(H,35,38)(H,36,44)(H,39,40)/t17-,18-,19-,20-,24-,25-/m0/s1. The van der Waals surface area contributed by atoms with Crippen molar-refractivity contribution < 1.29 is 38.7 Å². The highest BCUT2D eigenvalue weighted by molar-refractivity contribution is 5.95. The lowest BCUT2D eigenvalue weighted by Crippen LogP contribution is -2.59. The van der Waals surface area contributed by atoms with E-state index < -0.39 is 73.3 Å². The van der Waals surface area contributed by atoms with Crippen LogP contribution in [0.3, 0.4) is 0 Å². The second kappa shape index (κ2) is 19.5. The number of carboxylic acid groups (broad SMARTS) is 1. The summed E-state index contributed by atoms with van der Waals surface area (Å²) in [5.41, 5.74) is 0. The lowest BCUT2D eigenvalue weighted by atomic mass is 9.95. The molecule has 0 saturated carbocycles. The van der Waals surface area contributed by atoms with E-state index in [1.807, 2.05) is 27.7 Å². The maximum absolute atomic E-state index is 13.4. The molecule has 6 atom stereocenters. The van der Waals surface area contributed by atoms with Gasteiger partial charge in [-0.05, 0) is 43.6 Å². The van der Waals surface area contributed by atoms with E-state index in [1.54, 1.807) is 13.8 Å². The highest BCUT2D eigenvalue weighted by Crippen LogP contribution is 2.13. The van der Waals surface area contributed by atoms with Gasteiger partial charge < -0.3 is 42.3 Å². The molecule has 8 N–H and O–H groups in total. The summed E-state index contributed by atoms with van der Waals surface area (Å²) in [5, 5.41) is 27.0. The molecule has 0 aromatic heterocycles. The average molecular weight is 626 g/mol. The van der Waals surface area contributed by atoms with Gasteiger partial charge in [0.1, 0.15) is 24.7 Å². The van der Waals surface area contributed by atoms with Gasteiger partial charge in [-0.2, -0.15) is 0 Å². The number of hydrogen-bond acceptors (Lipinski definition) is 8. The van der Waals surface area contributed by atoms with Crippen LogP contribution in [-0.4, -0.2) is 96.9 Å². The van der Waals surface area contributed by atoms with Crippen molar-refractivity contribution in [3.05, 3.63) is 0 Å². The third-order valence-electron chi connectivity index (χ3n) is 7.61. The summed E-state index contributed by atoms with van der Waals surface area (Å²) >= 11 is 0. The molecule has 0 spiro atoms. The molecular formula is C29H51N7O8. The molecule has 1 fully saturated rings. The molecule has 0 radical (unpaired) electrons. The lowest BCUT2D eigenvalue weighted by molar-refractivity contribution is -0.138. The molecule has 1 aliphatic heterocycles. The fourth-order valence-corrected chi connectivity index (χ4v) is 4.56. The first-order valence-corrected chi connectivity index (χ1v) is 15.4. The molecule has 1 rings (SSSR count). The Balaban J connectivity index is 2.84. The van der Waals surface area contributed by atoms with Crippen LogP contribution >= 0.6 is 0 Å². The topological polar surface area (TPSA) is 224 Å². The Morgan fingerprint density at radius 2 is 1.30 bits per heavy atom. The van der Waals surface area contributed by atoms with Crippen molar-refractivity contribution in [1.29, 1.82) is 0 Å². The van der Waals surface area contributed by atoms with Crippen molar-refractivity contribution >= 4 is 41.4 Å². The number of hydrogen-bond donors (Lipinski definition) is 8. The second-order valence-electron chi connectivity index (χ2n) is 11.7. The van der Waals surface area contributed by atoms with Gasteiger partial charge in [0, 0.05) is 0 Å². The maximum atomic E-state index is 13.4. The Labute approximate surface area is 259 Å². The highest BCUT2D eigenvalue weighted by atomic mass is 16.4. The Morgan fingerprint density at radius 3 is 1.82 bits per heavy atom. The van der Waals surface area contributed by atoms with E-state index in [-0.39, 0.29) is 29.7 Å². The van der Waals surface area contributed by atoms with Crippen molar-refractivity contribution in [2.24, 2.45) is 17.8 Å². The van der Waals surface area contributed by atoms with Crippen LogP contribution in [0.5, 0.6) is 0 Å². The number of rotatable bonds is 19. The molecule has 0 bridgehead atoms. The first-order valence-electron chi connectivity index (χ1n) is 15.4. The SMILES string of the molecule is CC[C@H](C)[C@H](NC(=O)CNC(=O)[C@H](CC(C)C)NC(=O)[C@@H]1CCCN1)C(=O)N[C@H](C(=O)NCC(=O)NCC(=O)O)[C@@H](C)CC. The zero-order valence-corrected chi connectivity index (χ0v) is 26.7. The van der Waals surface area contributed by atoms with Gasteiger partial charge in [0.2, 0.25) is 35.4 Å². The first kappa shape index (κ1) is 38.3. The minimum Gasteiger partial charge on any atom is -0.480 e. The Hall–Kier alpha value is -3.75. The monoisotopic (exact) mass is 625 g/mol. The quantitative estimate of drug-likeness (QED) is 0.0859. The Bertz CT molecular complexity index is 1020. The van der Waals surface area contributed by atoms with E-state index in [0.717, 1.165) is 13.0 Å².